The Bertz CT molecular complexity index is 205. The molecule has 62 valence electrons. The Morgan fingerprint density at radius 3 is 3.09 bits per heavy atom. The van der Waals surface area contributed by atoms with E-state index in [1.54, 1.807) is 11.8 Å². The van der Waals surface area contributed by atoms with Crippen molar-refractivity contribution in [3.05, 3.63) is 0 Å². The van der Waals surface area contributed by atoms with Crippen LogP contribution in [0.1, 0.15) is 13.8 Å². The molecule has 0 radical (unpaired) electrons. The average molecular weight is 173 g/mol. The van der Waals surface area contributed by atoms with Crippen molar-refractivity contribution in [3.8, 4) is 0 Å². The summed E-state index contributed by atoms with van der Waals surface area (Å²) in [4.78, 5) is 13.0. The smallest absolute Gasteiger partial charge is 0.411 e. The maximum atomic E-state index is 11.2. The highest BCUT2D eigenvalue weighted by Gasteiger charge is 2.50. The van der Waals surface area contributed by atoms with Crippen molar-refractivity contribution in [1.29, 1.82) is 0 Å². The number of carbonyl (C=O) groups excluding carboxylic acids is 1. The number of hydrogen-bond donors (Lipinski definition) is 0. The molecule has 0 aromatic heterocycles. The zero-order valence-corrected chi connectivity index (χ0v) is 7.48. The third kappa shape index (κ3) is 0.922. The van der Waals surface area contributed by atoms with E-state index in [0.717, 1.165) is 11.6 Å². The first-order chi connectivity index (χ1) is 5.11. The van der Waals surface area contributed by atoms with E-state index in [1.165, 1.54) is 0 Å². The first-order valence-corrected chi connectivity index (χ1v) is 4.84. The monoisotopic (exact) mass is 173 g/mol. The number of fused-ring (bicyclic) bond motifs is 1. The molecule has 1 amide bonds. The highest BCUT2D eigenvalue weighted by Crippen LogP contribution is 2.37. The van der Waals surface area contributed by atoms with E-state index in [4.69, 9.17) is 4.74 Å². The number of ether oxygens (including phenoxy) is 1. The number of cyclic esters (lactones) is 1. The Morgan fingerprint density at radius 2 is 2.45 bits per heavy atom. The molecular formula is C7H11NO2S. The van der Waals surface area contributed by atoms with Crippen LogP contribution in [-0.4, -0.2) is 34.3 Å². The molecule has 2 aliphatic rings. The van der Waals surface area contributed by atoms with E-state index < -0.39 is 0 Å². The van der Waals surface area contributed by atoms with Gasteiger partial charge < -0.3 is 4.74 Å². The molecule has 4 heteroatoms. The summed E-state index contributed by atoms with van der Waals surface area (Å²) in [6.45, 7) is 3.95. The molecule has 0 aromatic rings. The summed E-state index contributed by atoms with van der Waals surface area (Å²) < 4.78 is 5.19. The van der Waals surface area contributed by atoms with Crippen molar-refractivity contribution in [2.75, 3.05) is 11.6 Å². The Hall–Kier alpha value is -0.380. The molecule has 0 aliphatic carbocycles. The fraction of sp³-hybridized carbons (Fsp3) is 0.857. The first-order valence-electron chi connectivity index (χ1n) is 3.68. The molecule has 2 saturated heterocycles. The van der Waals surface area contributed by atoms with E-state index in [9.17, 15) is 4.79 Å². The van der Waals surface area contributed by atoms with Gasteiger partial charge in [0.2, 0.25) is 0 Å². The van der Waals surface area contributed by atoms with Crippen LogP contribution in [0.15, 0.2) is 0 Å². The molecule has 0 spiro atoms. The van der Waals surface area contributed by atoms with E-state index in [-0.39, 0.29) is 11.7 Å². The van der Waals surface area contributed by atoms with Crippen LogP contribution in [0.4, 0.5) is 4.79 Å². The second-order valence-corrected chi connectivity index (χ2v) is 4.46. The Balaban J connectivity index is 2.27. The maximum absolute atomic E-state index is 11.2. The van der Waals surface area contributed by atoms with Crippen LogP contribution in [0, 0.1) is 0 Å². The Kier molecular flexibility index (Phi) is 1.36. The summed E-state index contributed by atoms with van der Waals surface area (Å²) in [6, 6.07) is 0.292. The van der Waals surface area contributed by atoms with Crippen molar-refractivity contribution in [2.24, 2.45) is 0 Å². The van der Waals surface area contributed by atoms with Crippen LogP contribution < -0.4 is 0 Å². The van der Waals surface area contributed by atoms with Gasteiger partial charge in [-0.2, -0.15) is 0 Å². The summed E-state index contributed by atoms with van der Waals surface area (Å²) in [6.07, 6.45) is -0.148. The molecular weight excluding hydrogens is 162 g/mol. The van der Waals surface area contributed by atoms with Crippen molar-refractivity contribution in [3.63, 3.8) is 0 Å². The van der Waals surface area contributed by atoms with Crippen molar-refractivity contribution in [1.82, 2.24) is 4.90 Å². The number of nitrogens with zero attached hydrogens (tertiary/aromatic N) is 1. The minimum atomic E-state index is -0.277. The van der Waals surface area contributed by atoms with Gasteiger partial charge in [-0.25, -0.2) is 4.79 Å². The van der Waals surface area contributed by atoms with Gasteiger partial charge in [0.05, 0.1) is 11.9 Å². The standard InChI is InChI=1S/C7H11NO2S/c1-7(2)5-3-11-4-8(5)6(9)10-7/h5H,3-4H2,1-2H3. The zero-order valence-electron chi connectivity index (χ0n) is 6.66. The van der Waals surface area contributed by atoms with Gasteiger partial charge in [0.15, 0.2) is 0 Å². The first kappa shape index (κ1) is 7.28. The lowest BCUT2D eigenvalue weighted by atomic mass is 10.0. The SMILES string of the molecule is CC1(C)OC(=O)N2CSCC21. The van der Waals surface area contributed by atoms with Gasteiger partial charge in [-0.3, -0.25) is 4.90 Å². The topological polar surface area (TPSA) is 29.5 Å². The molecule has 0 bridgehead atoms. The second kappa shape index (κ2) is 2.06. The Morgan fingerprint density at radius 1 is 1.73 bits per heavy atom. The van der Waals surface area contributed by atoms with Crippen molar-refractivity contribution >= 4 is 17.9 Å². The highest BCUT2D eigenvalue weighted by atomic mass is 32.2. The normalized spacial score (nSPS) is 33.8. The molecule has 11 heavy (non-hydrogen) atoms. The van der Waals surface area contributed by atoms with Crippen molar-refractivity contribution in [2.45, 2.75) is 25.5 Å². The molecule has 1 unspecified atom stereocenters. The fourth-order valence-corrected chi connectivity index (χ4v) is 2.94. The predicted molar refractivity (Wildman–Crippen MR) is 43.5 cm³/mol. The lowest BCUT2D eigenvalue weighted by Crippen LogP contribution is -2.38. The van der Waals surface area contributed by atoms with Gasteiger partial charge >= 0.3 is 6.09 Å². The van der Waals surface area contributed by atoms with Crippen LogP contribution in [0.5, 0.6) is 0 Å². The van der Waals surface area contributed by atoms with E-state index in [1.807, 2.05) is 18.7 Å². The summed E-state index contributed by atoms with van der Waals surface area (Å²) in [5, 5.41) is 0. The summed E-state index contributed by atoms with van der Waals surface area (Å²) >= 11 is 1.80. The number of rotatable bonds is 0. The molecule has 3 nitrogen and oxygen atoms in total. The molecule has 2 rings (SSSR count). The summed E-state index contributed by atoms with van der Waals surface area (Å²) in [5.41, 5.74) is -0.277. The van der Waals surface area contributed by atoms with E-state index in [0.29, 0.717) is 6.04 Å². The quantitative estimate of drug-likeness (QED) is 0.553. The predicted octanol–water partition coefficient (Wildman–Crippen LogP) is 1.29. The number of hydrogen-bond acceptors (Lipinski definition) is 3. The third-order valence-electron chi connectivity index (χ3n) is 2.27. The van der Waals surface area contributed by atoms with Gasteiger partial charge in [-0.1, -0.05) is 0 Å². The van der Waals surface area contributed by atoms with Gasteiger partial charge in [-0.05, 0) is 13.8 Å². The number of amides is 1. The number of carbonyl (C=O) groups is 1. The highest BCUT2D eigenvalue weighted by molar-refractivity contribution is 7.99. The second-order valence-electron chi connectivity index (χ2n) is 3.46. The zero-order chi connectivity index (χ0) is 8.06. The fourth-order valence-electron chi connectivity index (χ4n) is 1.55. The van der Waals surface area contributed by atoms with Gasteiger partial charge in [-0.15, -0.1) is 11.8 Å². The minimum Gasteiger partial charge on any atom is -0.441 e. The largest absolute Gasteiger partial charge is 0.441 e. The average Bonchev–Trinajstić information content (AvgIpc) is 2.37. The lowest BCUT2D eigenvalue weighted by Gasteiger charge is -2.21. The molecule has 0 N–H and O–H groups in total. The summed E-state index contributed by atoms with van der Waals surface area (Å²) in [5.74, 6) is 1.81. The molecule has 0 aromatic carbocycles. The van der Waals surface area contributed by atoms with Gasteiger partial charge in [0, 0.05) is 5.75 Å². The van der Waals surface area contributed by atoms with Crippen LogP contribution in [0.2, 0.25) is 0 Å². The van der Waals surface area contributed by atoms with Crippen molar-refractivity contribution < 1.29 is 9.53 Å². The van der Waals surface area contributed by atoms with E-state index >= 15 is 0 Å². The van der Waals surface area contributed by atoms with Crippen LogP contribution in [0.25, 0.3) is 0 Å². The molecule has 0 saturated carbocycles. The van der Waals surface area contributed by atoms with E-state index in [2.05, 4.69) is 0 Å². The molecule has 2 aliphatic heterocycles. The Labute approximate surface area is 70.1 Å². The van der Waals surface area contributed by atoms with Crippen LogP contribution >= 0.6 is 11.8 Å². The molecule has 1 atom stereocenters. The molecule has 2 heterocycles. The third-order valence-corrected chi connectivity index (χ3v) is 3.28. The van der Waals surface area contributed by atoms with Gasteiger partial charge in [0.25, 0.3) is 0 Å². The van der Waals surface area contributed by atoms with Crippen LogP contribution in [-0.2, 0) is 4.74 Å². The minimum absolute atomic E-state index is 0.148. The van der Waals surface area contributed by atoms with Gasteiger partial charge in [0.1, 0.15) is 5.60 Å². The maximum Gasteiger partial charge on any atom is 0.411 e. The number of thioether (sulfide) groups is 1. The van der Waals surface area contributed by atoms with Crippen LogP contribution in [0.3, 0.4) is 0 Å². The summed E-state index contributed by atoms with van der Waals surface area (Å²) in [7, 11) is 0. The lowest BCUT2D eigenvalue weighted by molar-refractivity contribution is 0.0727. The molecule has 2 fully saturated rings.